The molecule has 1 atom stereocenters. The Morgan fingerprint density at radius 3 is 2.69 bits per heavy atom. The first kappa shape index (κ1) is 16.9. The van der Waals surface area contributed by atoms with Crippen LogP contribution >= 0.6 is 11.6 Å². The number of imide groups is 1. The van der Waals surface area contributed by atoms with Gasteiger partial charge in [0.1, 0.15) is 11.3 Å². The van der Waals surface area contributed by atoms with E-state index in [4.69, 9.17) is 16.3 Å². The number of aryl methyl sites for hydroxylation is 1. The van der Waals surface area contributed by atoms with Crippen LogP contribution in [0.2, 0.25) is 5.02 Å². The van der Waals surface area contributed by atoms with Gasteiger partial charge in [-0.15, -0.1) is 0 Å². The molecule has 0 saturated carbocycles. The highest BCUT2D eigenvalue weighted by atomic mass is 35.5. The highest BCUT2D eigenvalue weighted by molar-refractivity contribution is 6.30. The molecule has 0 aromatic heterocycles. The van der Waals surface area contributed by atoms with Gasteiger partial charge in [-0.05, 0) is 60.2 Å². The number of ether oxygens (including phenoxy) is 1. The topological polar surface area (TPSA) is 58.6 Å². The lowest BCUT2D eigenvalue weighted by molar-refractivity contribution is -0.132. The molecule has 1 aliphatic carbocycles. The van der Waals surface area contributed by atoms with E-state index in [1.54, 1.807) is 19.2 Å². The van der Waals surface area contributed by atoms with Crippen LogP contribution in [-0.2, 0) is 23.3 Å². The standard InChI is InChI=1S/C20H19ClN2O3/c1-26-16-8-9-17-14(11-16)3-2-10-20(17)18(24)23(19(25)22-20)12-13-4-6-15(21)7-5-13/h4-9,11H,2-3,10,12H2,1H3,(H,22,25)/t20-/m1/s1. The van der Waals surface area contributed by atoms with Crippen molar-refractivity contribution in [1.29, 1.82) is 0 Å². The molecule has 0 radical (unpaired) electrons. The number of carbonyl (C=O) groups is 2. The van der Waals surface area contributed by atoms with E-state index in [1.807, 2.05) is 30.3 Å². The zero-order chi connectivity index (χ0) is 18.3. The molecule has 6 heteroatoms. The lowest BCUT2D eigenvalue weighted by atomic mass is 9.76. The highest BCUT2D eigenvalue weighted by Crippen LogP contribution is 2.41. The van der Waals surface area contributed by atoms with E-state index in [-0.39, 0.29) is 18.5 Å². The number of fused-ring (bicyclic) bond motifs is 2. The molecule has 1 fully saturated rings. The van der Waals surface area contributed by atoms with Crippen LogP contribution in [0.3, 0.4) is 0 Å². The fourth-order valence-corrected chi connectivity index (χ4v) is 4.02. The fourth-order valence-electron chi connectivity index (χ4n) is 3.89. The molecule has 1 N–H and O–H groups in total. The third-order valence-corrected chi connectivity index (χ3v) is 5.45. The van der Waals surface area contributed by atoms with Crippen LogP contribution in [-0.4, -0.2) is 23.9 Å². The van der Waals surface area contributed by atoms with Gasteiger partial charge in [0.2, 0.25) is 0 Å². The number of carbonyl (C=O) groups excluding carboxylic acids is 2. The third-order valence-electron chi connectivity index (χ3n) is 5.20. The molecule has 0 bridgehead atoms. The summed E-state index contributed by atoms with van der Waals surface area (Å²) in [4.78, 5) is 27.2. The van der Waals surface area contributed by atoms with E-state index in [1.165, 1.54) is 4.90 Å². The van der Waals surface area contributed by atoms with Gasteiger partial charge in [-0.3, -0.25) is 9.69 Å². The van der Waals surface area contributed by atoms with Gasteiger partial charge < -0.3 is 10.1 Å². The first-order valence-corrected chi connectivity index (χ1v) is 8.97. The summed E-state index contributed by atoms with van der Waals surface area (Å²) in [6.07, 6.45) is 2.31. The molecule has 1 heterocycles. The Hall–Kier alpha value is -2.53. The predicted octanol–water partition coefficient (Wildman–Crippen LogP) is 3.63. The number of urea groups is 1. The summed E-state index contributed by atoms with van der Waals surface area (Å²) in [5.74, 6) is 0.569. The Labute approximate surface area is 156 Å². The number of nitrogens with one attached hydrogen (secondary N) is 1. The molecular weight excluding hydrogens is 352 g/mol. The summed E-state index contributed by atoms with van der Waals surface area (Å²) in [5.41, 5.74) is 1.82. The summed E-state index contributed by atoms with van der Waals surface area (Å²) < 4.78 is 5.30. The molecule has 2 aromatic rings. The van der Waals surface area contributed by atoms with Crippen molar-refractivity contribution in [1.82, 2.24) is 10.2 Å². The lowest BCUT2D eigenvalue weighted by Gasteiger charge is -2.33. The van der Waals surface area contributed by atoms with E-state index < -0.39 is 5.54 Å². The van der Waals surface area contributed by atoms with E-state index >= 15 is 0 Å². The number of rotatable bonds is 3. The van der Waals surface area contributed by atoms with Crippen LogP contribution in [0.25, 0.3) is 0 Å². The van der Waals surface area contributed by atoms with E-state index in [2.05, 4.69) is 5.32 Å². The Morgan fingerprint density at radius 1 is 1.19 bits per heavy atom. The second-order valence-corrected chi connectivity index (χ2v) is 7.17. The van der Waals surface area contributed by atoms with Crippen LogP contribution in [0.5, 0.6) is 5.75 Å². The number of methoxy groups -OCH3 is 1. The minimum atomic E-state index is -0.969. The smallest absolute Gasteiger partial charge is 0.325 e. The van der Waals surface area contributed by atoms with Gasteiger partial charge in [-0.2, -0.15) is 0 Å². The van der Waals surface area contributed by atoms with Crippen molar-refractivity contribution >= 4 is 23.5 Å². The van der Waals surface area contributed by atoms with Crippen LogP contribution < -0.4 is 10.1 Å². The van der Waals surface area contributed by atoms with Crippen LogP contribution in [0.15, 0.2) is 42.5 Å². The Morgan fingerprint density at radius 2 is 1.96 bits per heavy atom. The fraction of sp³-hybridized carbons (Fsp3) is 0.300. The van der Waals surface area contributed by atoms with Crippen LogP contribution in [0, 0.1) is 0 Å². The van der Waals surface area contributed by atoms with Gasteiger partial charge >= 0.3 is 6.03 Å². The number of benzene rings is 2. The van der Waals surface area contributed by atoms with Crippen molar-refractivity contribution < 1.29 is 14.3 Å². The van der Waals surface area contributed by atoms with Gasteiger partial charge in [-0.25, -0.2) is 4.79 Å². The quantitative estimate of drug-likeness (QED) is 0.839. The van der Waals surface area contributed by atoms with Gasteiger partial charge in [0, 0.05) is 5.02 Å². The summed E-state index contributed by atoms with van der Waals surface area (Å²) in [7, 11) is 1.62. The molecule has 1 spiro atoms. The molecule has 26 heavy (non-hydrogen) atoms. The van der Waals surface area contributed by atoms with Gasteiger partial charge in [0.05, 0.1) is 13.7 Å². The minimum absolute atomic E-state index is 0.191. The number of nitrogens with zero attached hydrogens (tertiary/aromatic N) is 1. The molecular formula is C20H19ClN2O3. The van der Waals surface area contributed by atoms with Crippen molar-refractivity contribution in [3.63, 3.8) is 0 Å². The Bertz CT molecular complexity index is 881. The zero-order valence-corrected chi connectivity index (χ0v) is 15.2. The normalized spacial score (nSPS) is 21.7. The van der Waals surface area contributed by atoms with Gasteiger partial charge in [0.25, 0.3) is 5.91 Å². The summed E-state index contributed by atoms with van der Waals surface area (Å²) in [6.45, 7) is 0.231. The van der Waals surface area contributed by atoms with Crippen LogP contribution in [0.4, 0.5) is 4.79 Å². The molecule has 2 aromatic carbocycles. The number of halogens is 1. The third kappa shape index (κ3) is 2.63. The predicted molar refractivity (Wildman–Crippen MR) is 98.1 cm³/mol. The largest absolute Gasteiger partial charge is 0.497 e. The molecule has 0 unspecified atom stereocenters. The molecule has 3 amide bonds. The second-order valence-electron chi connectivity index (χ2n) is 6.73. The number of hydrogen-bond donors (Lipinski definition) is 1. The van der Waals surface area contributed by atoms with E-state index in [0.29, 0.717) is 11.4 Å². The van der Waals surface area contributed by atoms with Crippen molar-refractivity contribution in [2.75, 3.05) is 7.11 Å². The average molecular weight is 371 g/mol. The average Bonchev–Trinajstić information content (AvgIpc) is 2.88. The number of hydrogen-bond acceptors (Lipinski definition) is 3. The first-order valence-electron chi connectivity index (χ1n) is 8.59. The van der Waals surface area contributed by atoms with Crippen molar-refractivity contribution in [3.8, 4) is 5.75 Å². The van der Waals surface area contributed by atoms with Gasteiger partial charge in [-0.1, -0.05) is 29.8 Å². The Kier molecular flexibility index (Phi) is 4.11. The SMILES string of the molecule is COc1ccc2c(c1)CCC[C@@]21NC(=O)N(Cc2ccc(Cl)cc2)C1=O. The molecule has 1 saturated heterocycles. The summed E-state index contributed by atoms with van der Waals surface area (Å²) in [5, 5.41) is 3.59. The molecule has 134 valence electrons. The molecule has 4 rings (SSSR count). The monoisotopic (exact) mass is 370 g/mol. The lowest BCUT2D eigenvalue weighted by Crippen LogP contribution is -2.46. The van der Waals surface area contributed by atoms with Gasteiger partial charge in [0.15, 0.2) is 0 Å². The Balaban J connectivity index is 1.68. The molecule has 2 aliphatic rings. The van der Waals surface area contributed by atoms with Crippen molar-refractivity contribution in [3.05, 3.63) is 64.2 Å². The summed E-state index contributed by atoms with van der Waals surface area (Å²) >= 11 is 5.91. The highest BCUT2D eigenvalue weighted by Gasteiger charge is 2.53. The maximum atomic E-state index is 13.3. The molecule has 1 aliphatic heterocycles. The zero-order valence-electron chi connectivity index (χ0n) is 14.4. The minimum Gasteiger partial charge on any atom is -0.497 e. The maximum absolute atomic E-state index is 13.3. The second kappa shape index (κ2) is 6.32. The van der Waals surface area contributed by atoms with E-state index in [0.717, 1.165) is 35.3 Å². The van der Waals surface area contributed by atoms with Crippen LogP contribution in [0.1, 0.15) is 29.5 Å². The summed E-state index contributed by atoms with van der Waals surface area (Å²) in [6, 6.07) is 12.5. The maximum Gasteiger partial charge on any atom is 0.325 e. The van der Waals surface area contributed by atoms with Crippen molar-refractivity contribution in [2.24, 2.45) is 0 Å². The number of amides is 3. The van der Waals surface area contributed by atoms with E-state index in [9.17, 15) is 9.59 Å². The van der Waals surface area contributed by atoms with Crippen molar-refractivity contribution in [2.45, 2.75) is 31.3 Å². The first-order chi connectivity index (χ1) is 12.5. The molecule has 5 nitrogen and oxygen atoms in total.